The van der Waals surface area contributed by atoms with Gasteiger partial charge >= 0.3 is 0 Å². The maximum absolute atomic E-state index is 11.4. The summed E-state index contributed by atoms with van der Waals surface area (Å²) in [6.07, 6.45) is 0. The second-order valence-corrected chi connectivity index (χ2v) is 5.15. The standard InChI is InChI=1S/C11H13BrClNO/c1-7(12)11(15)14-8(2)9-5-3-4-6-10(9)13/h3-8H,1-2H3,(H,14,15)/t7?,8-/m1/s1. The highest BCUT2D eigenvalue weighted by atomic mass is 79.9. The second-order valence-electron chi connectivity index (χ2n) is 3.37. The van der Waals surface area contributed by atoms with E-state index in [1.54, 1.807) is 6.92 Å². The van der Waals surface area contributed by atoms with Crippen molar-refractivity contribution in [3.05, 3.63) is 34.9 Å². The quantitative estimate of drug-likeness (QED) is 0.850. The summed E-state index contributed by atoms with van der Waals surface area (Å²) in [6, 6.07) is 7.42. The van der Waals surface area contributed by atoms with Gasteiger partial charge in [0.25, 0.3) is 0 Å². The van der Waals surface area contributed by atoms with E-state index in [0.717, 1.165) is 5.56 Å². The van der Waals surface area contributed by atoms with E-state index in [2.05, 4.69) is 21.2 Å². The summed E-state index contributed by atoms with van der Waals surface area (Å²) in [6.45, 7) is 3.70. The van der Waals surface area contributed by atoms with E-state index in [1.165, 1.54) is 0 Å². The molecular formula is C11H13BrClNO. The lowest BCUT2D eigenvalue weighted by Crippen LogP contribution is -2.31. The largest absolute Gasteiger partial charge is 0.349 e. The third-order valence-corrected chi connectivity index (χ3v) is 2.85. The molecule has 1 rings (SSSR count). The topological polar surface area (TPSA) is 29.1 Å². The van der Waals surface area contributed by atoms with Crippen molar-refractivity contribution in [2.24, 2.45) is 0 Å². The van der Waals surface area contributed by atoms with Crippen molar-refractivity contribution < 1.29 is 4.79 Å². The van der Waals surface area contributed by atoms with E-state index in [9.17, 15) is 4.79 Å². The third-order valence-electron chi connectivity index (χ3n) is 2.09. The number of carbonyl (C=O) groups excluding carboxylic acids is 1. The van der Waals surface area contributed by atoms with Crippen molar-refractivity contribution in [3.63, 3.8) is 0 Å². The number of carbonyl (C=O) groups is 1. The zero-order valence-corrected chi connectivity index (χ0v) is 11.0. The molecule has 2 nitrogen and oxygen atoms in total. The molecule has 0 radical (unpaired) electrons. The van der Waals surface area contributed by atoms with Gasteiger partial charge < -0.3 is 5.32 Å². The van der Waals surface area contributed by atoms with Gasteiger partial charge in [-0.2, -0.15) is 0 Å². The fraction of sp³-hybridized carbons (Fsp3) is 0.364. The van der Waals surface area contributed by atoms with Gasteiger partial charge in [-0.15, -0.1) is 0 Å². The molecule has 0 fully saturated rings. The molecular weight excluding hydrogens is 277 g/mol. The Morgan fingerprint density at radius 1 is 1.40 bits per heavy atom. The summed E-state index contributed by atoms with van der Waals surface area (Å²) in [7, 11) is 0. The van der Waals surface area contributed by atoms with Gasteiger partial charge in [0.15, 0.2) is 0 Å². The number of hydrogen-bond donors (Lipinski definition) is 1. The van der Waals surface area contributed by atoms with Crippen LogP contribution >= 0.6 is 27.5 Å². The molecule has 1 amide bonds. The molecule has 0 aliphatic rings. The Balaban J connectivity index is 2.73. The number of amides is 1. The molecule has 1 N–H and O–H groups in total. The van der Waals surface area contributed by atoms with Crippen LogP contribution in [0, 0.1) is 0 Å². The summed E-state index contributed by atoms with van der Waals surface area (Å²) in [4.78, 5) is 11.2. The lowest BCUT2D eigenvalue weighted by atomic mass is 10.1. The van der Waals surface area contributed by atoms with Crippen LogP contribution in [0.2, 0.25) is 5.02 Å². The number of nitrogens with one attached hydrogen (secondary N) is 1. The monoisotopic (exact) mass is 289 g/mol. The average Bonchev–Trinajstić information content (AvgIpc) is 2.18. The van der Waals surface area contributed by atoms with E-state index in [-0.39, 0.29) is 16.8 Å². The van der Waals surface area contributed by atoms with Gasteiger partial charge in [-0.1, -0.05) is 45.7 Å². The van der Waals surface area contributed by atoms with Crippen LogP contribution < -0.4 is 5.32 Å². The first-order chi connectivity index (χ1) is 7.02. The SMILES string of the molecule is CC(Br)C(=O)N[C@H](C)c1ccccc1Cl. The fourth-order valence-electron chi connectivity index (χ4n) is 1.23. The highest BCUT2D eigenvalue weighted by molar-refractivity contribution is 9.10. The molecule has 82 valence electrons. The van der Waals surface area contributed by atoms with Crippen LogP contribution in [0.5, 0.6) is 0 Å². The number of rotatable bonds is 3. The molecule has 0 heterocycles. The molecule has 1 aromatic carbocycles. The van der Waals surface area contributed by atoms with Crippen LogP contribution in [0.3, 0.4) is 0 Å². The first-order valence-corrected chi connectivity index (χ1v) is 6.00. The van der Waals surface area contributed by atoms with E-state index in [1.807, 2.05) is 31.2 Å². The molecule has 0 saturated carbocycles. The smallest absolute Gasteiger partial charge is 0.233 e. The Morgan fingerprint density at radius 3 is 2.53 bits per heavy atom. The molecule has 15 heavy (non-hydrogen) atoms. The molecule has 0 aromatic heterocycles. The molecule has 0 aliphatic heterocycles. The Bertz CT molecular complexity index is 354. The van der Waals surface area contributed by atoms with Crippen LogP contribution in [-0.2, 0) is 4.79 Å². The number of benzene rings is 1. The number of halogens is 2. The Kier molecular flexibility index (Phi) is 4.61. The van der Waals surface area contributed by atoms with Crippen molar-refractivity contribution >= 4 is 33.4 Å². The van der Waals surface area contributed by atoms with Crippen LogP contribution in [-0.4, -0.2) is 10.7 Å². The van der Waals surface area contributed by atoms with E-state index in [0.29, 0.717) is 5.02 Å². The minimum Gasteiger partial charge on any atom is -0.349 e. The van der Waals surface area contributed by atoms with Gasteiger partial charge in [0.1, 0.15) is 0 Å². The van der Waals surface area contributed by atoms with Gasteiger partial charge in [-0.3, -0.25) is 4.79 Å². The maximum Gasteiger partial charge on any atom is 0.233 e. The predicted molar refractivity (Wildman–Crippen MR) is 66.4 cm³/mol. The molecule has 1 aromatic rings. The first-order valence-electron chi connectivity index (χ1n) is 4.71. The molecule has 0 saturated heterocycles. The van der Waals surface area contributed by atoms with Crippen LogP contribution in [0.25, 0.3) is 0 Å². The van der Waals surface area contributed by atoms with Gasteiger partial charge in [0.05, 0.1) is 10.9 Å². The normalized spacial score (nSPS) is 14.4. The highest BCUT2D eigenvalue weighted by Crippen LogP contribution is 2.22. The Labute approximate surface area is 103 Å². The van der Waals surface area contributed by atoms with E-state index >= 15 is 0 Å². The first kappa shape index (κ1) is 12.5. The highest BCUT2D eigenvalue weighted by Gasteiger charge is 2.14. The summed E-state index contributed by atoms with van der Waals surface area (Å²) >= 11 is 9.23. The van der Waals surface area contributed by atoms with Crippen molar-refractivity contribution in [1.29, 1.82) is 0 Å². The lowest BCUT2D eigenvalue weighted by molar-refractivity contribution is -0.120. The Morgan fingerprint density at radius 2 is 2.00 bits per heavy atom. The zero-order valence-electron chi connectivity index (χ0n) is 8.63. The molecule has 0 aliphatic carbocycles. The van der Waals surface area contributed by atoms with Crippen molar-refractivity contribution in [1.82, 2.24) is 5.32 Å². The van der Waals surface area contributed by atoms with Gasteiger partial charge in [0, 0.05) is 5.02 Å². The zero-order chi connectivity index (χ0) is 11.4. The van der Waals surface area contributed by atoms with Crippen molar-refractivity contribution in [3.8, 4) is 0 Å². The van der Waals surface area contributed by atoms with Crippen LogP contribution in [0.1, 0.15) is 25.5 Å². The minimum absolute atomic E-state index is 0.0394. The van der Waals surface area contributed by atoms with Crippen molar-refractivity contribution in [2.75, 3.05) is 0 Å². The minimum atomic E-state index is -0.192. The van der Waals surface area contributed by atoms with Crippen LogP contribution in [0.15, 0.2) is 24.3 Å². The maximum atomic E-state index is 11.4. The molecule has 4 heteroatoms. The van der Waals surface area contributed by atoms with E-state index in [4.69, 9.17) is 11.6 Å². The van der Waals surface area contributed by atoms with Gasteiger partial charge in [0.2, 0.25) is 5.91 Å². The summed E-state index contributed by atoms with van der Waals surface area (Å²) < 4.78 is 0. The van der Waals surface area contributed by atoms with Gasteiger partial charge in [-0.05, 0) is 25.5 Å². The third kappa shape index (κ3) is 3.50. The molecule has 1 unspecified atom stereocenters. The molecule has 2 atom stereocenters. The fourth-order valence-corrected chi connectivity index (χ4v) is 1.66. The van der Waals surface area contributed by atoms with Crippen molar-refractivity contribution in [2.45, 2.75) is 24.7 Å². The lowest BCUT2D eigenvalue weighted by Gasteiger charge is -2.16. The molecule has 0 bridgehead atoms. The van der Waals surface area contributed by atoms with E-state index < -0.39 is 0 Å². The second kappa shape index (κ2) is 5.52. The average molecular weight is 291 g/mol. The number of alkyl halides is 1. The number of hydrogen-bond acceptors (Lipinski definition) is 1. The molecule has 0 spiro atoms. The summed E-state index contributed by atoms with van der Waals surface area (Å²) in [5, 5.41) is 3.54. The van der Waals surface area contributed by atoms with Crippen LogP contribution in [0.4, 0.5) is 0 Å². The van der Waals surface area contributed by atoms with Gasteiger partial charge in [-0.25, -0.2) is 0 Å². The summed E-state index contributed by atoms with van der Waals surface area (Å²) in [5.74, 6) is -0.0394. The summed E-state index contributed by atoms with van der Waals surface area (Å²) in [5.41, 5.74) is 0.931. The predicted octanol–water partition coefficient (Wildman–Crippen LogP) is 3.30. The Hall–Kier alpha value is -0.540.